The Bertz CT molecular complexity index is 502. The fraction of sp³-hybridized carbons (Fsp3) is 0.455. The number of hydrogen-bond donors (Lipinski definition) is 1. The Labute approximate surface area is 110 Å². The summed E-state index contributed by atoms with van der Waals surface area (Å²) in [5.74, 6) is -0.936. The molecule has 0 unspecified atom stereocenters. The van der Waals surface area contributed by atoms with E-state index in [0.29, 0.717) is 6.07 Å². The van der Waals surface area contributed by atoms with Crippen LogP contribution >= 0.6 is 0 Å². The summed E-state index contributed by atoms with van der Waals surface area (Å²) in [7, 11) is 1.00. The predicted octanol–water partition coefficient (Wildman–Crippen LogP) is 2.21. The molecule has 0 fully saturated rings. The van der Waals surface area contributed by atoms with Gasteiger partial charge in [0.1, 0.15) is 5.69 Å². The first-order chi connectivity index (χ1) is 9.20. The van der Waals surface area contributed by atoms with E-state index in [1.54, 1.807) is 0 Å². The van der Waals surface area contributed by atoms with E-state index in [2.05, 4.69) is 9.72 Å². The molecule has 1 aromatic rings. The summed E-state index contributed by atoms with van der Waals surface area (Å²) in [5, 5.41) is 0. The molecule has 0 spiro atoms. The van der Waals surface area contributed by atoms with Crippen molar-refractivity contribution in [3.8, 4) is 0 Å². The lowest BCUT2D eigenvalue weighted by atomic mass is 10.0. The van der Waals surface area contributed by atoms with Crippen molar-refractivity contribution < 1.29 is 31.5 Å². The number of nitrogens with two attached hydrogens (primary N) is 1. The number of rotatable bonds is 4. The molecule has 1 aromatic heterocycles. The lowest BCUT2D eigenvalue weighted by Gasteiger charge is -2.15. The molecule has 0 aliphatic rings. The third-order valence-electron chi connectivity index (χ3n) is 2.49. The van der Waals surface area contributed by atoms with Gasteiger partial charge in [0.25, 0.3) is 6.43 Å². The van der Waals surface area contributed by atoms with Gasteiger partial charge in [0.05, 0.1) is 19.2 Å². The average Bonchev–Trinajstić information content (AvgIpc) is 2.35. The van der Waals surface area contributed by atoms with E-state index in [-0.39, 0.29) is 0 Å². The van der Waals surface area contributed by atoms with Crippen LogP contribution in [-0.4, -0.2) is 18.1 Å². The van der Waals surface area contributed by atoms with Crippen LogP contribution in [0.2, 0.25) is 0 Å². The molecule has 0 aliphatic heterocycles. The van der Waals surface area contributed by atoms with Gasteiger partial charge in [0, 0.05) is 12.1 Å². The van der Waals surface area contributed by atoms with Crippen molar-refractivity contribution in [2.24, 2.45) is 5.73 Å². The van der Waals surface area contributed by atoms with Crippen LogP contribution in [0.25, 0.3) is 0 Å². The van der Waals surface area contributed by atoms with Crippen molar-refractivity contribution in [1.82, 2.24) is 4.98 Å². The van der Waals surface area contributed by atoms with Gasteiger partial charge in [-0.15, -0.1) is 0 Å². The van der Waals surface area contributed by atoms with Crippen LogP contribution in [0, 0.1) is 0 Å². The van der Waals surface area contributed by atoms with Crippen LogP contribution in [0.1, 0.15) is 28.9 Å². The summed E-state index contributed by atoms with van der Waals surface area (Å²) in [4.78, 5) is 14.2. The summed E-state index contributed by atoms with van der Waals surface area (Å²) >= 11 is 0. The molecule has 0 atom stereocenters. The van der Waals surface area contributed by atoms with E-state index >= 15 is 0 Å². The molecule has 2 N–H and O–H groups in total. The van der Waals surface area contributed by atoms with Crippen LogP contribution in [-0.2, 0) is 28.7 Å². The van der Waals surface area contributed by atoms with Crippen LogP contribution in [0.5, 0.6) is 0 Å². The molecule has 0 radical (unpaired) electrons. The van der Waals surface area contributed by atoms with Crippen LogP contribution in [0.4, 0.5) is 22.0 Å². The number of aromatic nitrogens is 1. The van der Waals surface area contributed by atoms with E-state index in [4.69, 9.17) is 5.73 Å². The number of alkyl halides is 5. The van der Waals surface area contributed by atoms with Crippen molar-refractivity contribution in [2.75, 3.05) is 7.11 Å². The van der Waals surface area contributed by atoms with Crippen molar-refractivity contribution in [2.45, 2.75) is 25.6 Å². The number of esters is 1. The van der Waals surface area contributed by atoms with Gasteiger partial charge in [0.15, 0.2) is 0 Å². The topological polar surface area (TPSA) is 65.2 Å². The Morgan fingerprint density at radius 3 is 2.45 bits per heavy atom. The number of nitrogens with zero attached hydrogens (tertiary/aromatic N) is 1. The molecule has 112 valence electrons. The zero-order valence-electron chi connectivity index (χ0n) is 10.3. The fourth-order valence-electron chi connectivity index (χ4n) is 1.61. The summed E-state index contributed by atoms with van der Waals surface area (Å²) in [6.45, 7) is -0.599. The largest absolute Gasteiger partial charge is 0.469 e. The Kier molecular flexibility index (Phi) is 4.98. The van der Waals surface area contributed by atoms with Gasteiger partial charge in [-0.2, -0.15) is 13.2 Å². The maximum atomic E-state index is 12.9. The number of carbonyl (C=O) groups is 1. The van der Waals surface area contributed by atoms with Crippen molar-refractivity contribution in [1.29, 1.82) is 0 Å². The monoisotopic (exact) mass is 298 g/mol. The molecule has 0 saturated carbocycles. The van der Waals surface area contributed by atoms with Crippen LogP contribution < -0.4 is 5.73 Å². The summed E-state index contributed by atoms with van der Waals surface area (Å²) in [6.07, 6.45) is -8.63. The maximum Gasteiger partial charge on any atom is 0.433 e. The second-order valence-electron chi connectivity index (χ2n) is 3.78. The van der Waals surface area contributed by atoms with Crippen LogP contribution in [0.15, 0.2) is 6.07 Å². The highest BCUT2D eigenvalue weighted by Gasteiger charge is 2.35. The van der Waals surface area contributed by atoms with Gasteiger partial charge >= 0.3 is 12.1 Å². The highest BCUT2D eigenvalue weighted by Crippen LogP contribution is 2.33. The molecule has 0 aromatic carbocycles. The normalized spacial score (nSPS) is 11.8. The van der Waals surface area contributed by atoms with Gasteiger partial charge in [-0.05, 0) is 11.6 Å². The zero-order valence-corrected chi connectivity index (χ0v) is 10.3. The molecule has 0 saturated heterocycles. The SMILES string of the molecule is COC(=O)Cc1cc(C(F)(F)F)nc(CN)c1C(F)F. The Hall–Kier alpha value is -1.77. The minimum Gasteiger partial charge on any atom is -0.469 e. The zero-order chi connectivity index (χ0) is 15.5. The smallest absolute Gasteiger partial charge is 0.433 e. The molecular weight excluding hydrogens is 287 g/mol. The highest BCUT2D eigenvalue weighted by atomic mass is 19.4. The first kappa shape index (κ1) is 16.3. The third kappa shape index (κ3) is 3.62. The Morgan fingerprint density at radius 2 is 2.05 bits per heavy atom. The van der Waals surface area contributed by atoms with Crippen LogP contribution in [0.3, 0.4) is 0 Å². The van der Waals surface area contributed by atoms with E-state index < -0.39 is 54.1 Å². The molecular formula is C11H11F5N2O2. The number of ether oxygens (including phenoxy) is 1. The van der Waals surface area contributed by atoms with Crippen molar-refractivity contribution in [3.63, 3.8) is 0 Å². The third-order valence-corrected chi connectivity index (χ3v) is 2.49. The Morgan fingerprint density at radius 1 is 1.45 bits per heavy atom. The van der Waals surface area contributed by atoms with Gasteiger partial charge in [-0.1, -0.05) is 0 Å². The number of methoxy groups -OCH3 is 1. The lowest BCUT2D eigenvalue weighted by molar-refractivity contribution is -0.142. The molecule has 0 bridgehead atoms. The molecule has 20 heavy (non-hydrogen) atoms. The molecule has 0 aliphatic carbocycles. The van der Waals surface area contributed by atoms with Gasteiger partial charge in [-0.3, -0.25) is 4.79 Å². The second kappa shape index (κ2) is 6.12. The van der Waals surface area contributed by atoms with Gasteiger partial charge in [0.2, 0.25) is 0 Å². The number of hydrogen-bond acceptors (Lipinski definition) is 4. The molecule has 4 nitrogen and oxygen atoms in total. The highest BCUT2D eigenvalue weighted by molar-refractivity contribution is 5.73. The fourth-order valence-corrected chi connectivity index (χ4v) is 1.61. The molecule has 9 heteroatoms. The first-order valence-electron chi connectivity index (χ1n) is 5.35. The van der Waals surface area contributed by atoms with E-state index in [9.17, 15) is 26.7 Å². The number of carbonyl (C=O) groups excluding carboxylic acids is 1. The molecule has 0 amide bonds. The lowest BCUT2D eigenvalue weighted by Crippen LogP contribution is -2.18. The van der Waals surface area contributed by atoms with Gasteiger partial charge < -0.3 is 10.5 Å². The van der Waals surface area contributed by atoms with E-state index in [0.717, 1.165) is 7.11 Å². The Balaban J connectivity index is 3.45. The summed E-state index contributed by atoms with van der Waals surface area (Å²) in [6, 6.07) is 0.414. The second-order valence-corrected chi connectivity index (χ2v) is 3.78. The quantitative estimate of drug-likeness (QED) is 0.683. The van der Waals surface area contributed by atoms with Gasteiger partial charge in [-0.25, -0.2) is 13.8 Å². The maximum absolute atomic E-state index is 12.9. The number of halogens is 5. The predicted molar refractivity (Wildman–Crippen MR) is 57.8 cm³/mol. The summed E-state index contributed by atoms with van der Waals surface area (Å²) in [5.41, 5.74) is 1.94. The average molecular weight is 298 g/mol. The molecule has 1 rings (SSSR count). The molecule has 1 heterocycles. The summed E-state index contributed by atoms with van der Waals surface area (Å²) < 4.78 is 68.0. The van der Waals surface area contributed by atoms with E-state index in [1.807, 2.05) is 0 Å². The minimum atomic E-state index is -4.82. The van der Waals surface area contributed by atoms with E-state index in [1.165, 1.54) is 0 Å². The van der Waals surface area contributed by atoms with Crippen molar-refractivity contribution >= 4 is 5.97 Å². The standard InChI is InChI=1S/C11H11F5N2O2/c1-20-8(19)3-5-2-7(11(14,15)16)18-6(4-17)9(5)10(12)13/h2,10H,3-4,17H2,1H3. The minimum absolute atomic E-state index is 0.414. The number of pyridine rings is 1. The van der Waals surface area contributed by atoms with Crippen molar-refractivity contribution in [3.05, 3.63) is 28.6 Å². The first-order valence-corrected chi connectivity index (χ1v) is 5.35.